The Morgan fingerprint density at radius 1 is 1.25 bits per heavy atom. The summed E-state index contributed by atoms with van der Waals surface area (Å²) in [5.74, 6) is -1.26. The third-order valence-electron chi connectivity index (χ3n) is 3.63. The summed E-state index contributed by atoms with van der Waals surface area (Å²) in [6.45, 7) is 0.0347. The van der Waals surface area contributed by atoms with Crippen LogP contribution in [0, 0.1) is 5.82 Å². The van der Waals surface area contributed by atoms with Crippen LogP contribution in [0.25, 0.3) is 0 Å². The van der Waals surface area contributed by atoms with Crippen LogP contribution in [0.1, 0.15) is 6.42 Å². The average Bonchev–Trinajstić information content (AvgIpc) is 2.57. The molecule has 0 bridgehead atoms. The van der Waals surface area contributed by atoms with E-state index in [0.29, 0.717) is 11.4 Å². The van der Waals surface area contributed by atoms with Crippen molar-refractivity contribution in [2.45, 2.75) is 6.42 Å². The van der Waals surface area contributed by atoms with Gasteiger partial charge >= 0.3 is 0 Å². The minimum atomic E-state index is -0.726. The van der Waals surface area contributed by atoms with E-state index < -0.39 is 11.7 Å². The highest BCUT2D eigenvalue weighted by molar-refractivity contribution is 5.99. The highest BCUT2D eigenvalue weighted by Crippen LogP contribution is 2.31. The first kappa shape index (κ1) is 15.8. The van der Waals surface area contributed by atoms with Gasteiger partial charge < -0.3 is 20.1 Å². The van der Waals surface area contributed by atoms with Gasteiger partial charge in [0.25, 0.3) is 5.91 Å². The molecule has 6 nitrogen and oxygen atoms in total. The number of hydrogen-bond acceptors (Lipinski definition) is 4. The van der Waals surface area contributed by atoms with Gasteiger partial charge in [0.05, 0.1) is 5.69 Å². The largest absolute Gasteiger partial charge is 0.506 e. The van der Waals surface area contributed by atoms with Crippen molar-refractivity contribution in [1.82, 2.24) is 0 Å². The predicted molar refractivity (Wildman–Crippen MR) is 85.6 cm³/mol. The third-order valence-corrected chi connectivity index (χ3v) is 3.63. The lowest BCUT2D eigenvalue weighted by atomic mass is 10.2. The highest BCUT2D eigenvalue weighted by Gasteiger charge is 2.25. The van der Waals surface area contributed by atoms with Gasteiger partial charge in [0.1, 0.15) is 17.2 Å². The molecule has 1 aliphatic rings. The molecule has 0 atom stereocenters. The Morgan fingerprint density at radius 3 is 2.83 bits per heavy atom. The monoisotopic (exact) mass is 330 g/mol. The van der Waals surface area contributed by atoms with Crippen molar-refractivity contribution in [1.29, 1.82) is 0 Å². The second kappa shape index (κ2) is 6.57. The van der Waals surface area contributed by atoms with Gasteiger partial charge in [-0.25, -0.2) is 4.39 Å². The van der Waals surface area contributed by atoms with E-state index in [1.165, 1.54) is 17.0 Å². The number of nitrogens with zero attached hydrogens (tertiary/aromatic N) is 1. The molecular formula is C17H15FN2O4. The van der Waals surface area contributed by atoms with Gasteiger partial charge in [-0.05, 0) is 24.3 Å². The molecule has 2 aromatic carbocycles. The number of fused-ring (bicyclic) bond motifs is 1. The van der Waals surface area contributed by atoms with Gasteiger partial charge in [0.2, 0.25) is 5.91 Å². The minimum Gasteiger partial charge on any atom is -0.506 e. The van der Waals surface area contributed by atoms with E-state index in [1.54, 1.807) is 24.3 Å². The quantitative estimate of drug-likeness (QED) is 0.843. The number of halogens is 1. The molecule has 0 saturated carbocycles. The molecule has 2 amide bonds. The summed E-state index contributed by atoms with van der Waals surface area (Å²) in [4.78, 5) is 25.5. The van der Waals surface area contributed by atoms with Gasteiger partial charge in [-0.2, -0.15) is 0 Å². The Labute approximate surface area is 137 Å². The highest BCUT2D eigenvalue weighted by atomic mass is 19.1. The van der Waals surface area contributed by atoms with Crippen LogP contribution in [-0.4, -0.2) is 30.1 Å². The summed E-state index contributed by atoms with van der Waals surface area (Å²) in [6, 6.07) is 10.8. The van der Waals surface area contributed by atoms with Gasteiger partial charge in [-0.15, -0.1) is 0 Å². The standard InChI is InChI=1S/C17H15FN2O4/c18-11-4-3-6-13(21)17(11)19-15(22)8-9-20-12-5-1-2-7-14(12)24-10-16(20)23/h1-7,21H,8-10H2,(H,19,22). The SMILES string of the molecule is O=C(CCN1C(=O)COc2ccccc21)Nc1c(O)cccc1F. The molecule has 7 heteroatoms. The molecule has 3 rings (SSSR count). The number of hydrogen-bond donors (Lipinski definition) is 2. The Morgan fingerprint density at radius 2 is 2.04 bits per heavy atom. The number of ether oxygens (including phenoxy) is 1. The number of carbonyl (C=O) groups is 2. The van der Waals surface area contributed by atoms with Crippen LogP contribution in [0.15, 0.2) is 42.5 Å². The maximum absolute atomic E-state index is 13.6. The summed E-state index contributed by atoms with van der Waals surface area (Å²) in [7, 11) is 0. The van der Waals surface area contributed by atoms with E-state index >= 15 is 0 Å². The second-order valence-corrected chi connectivity index (χ2v) is 5.23. The molecule has 0 fully saturated rings. The smallest absolute Gasteiger partial charge is 0.265 e. The number of phenolic OH excluding ortho intramolecular Hbond substituents is 1. The number of rotatable bonds is 4. The molecule has 0 aromatic heterocycles. The van der Waals surface area contributed by atoms with Crippen LogP contribution in [0.2, 0.25) is 0 Å². The molecule has 0 aliphatic carbocycles. The molecule has 0 radical (unpaired) electrons. The molecule has 0 saturated heterocycles. The van der Waals surface area contributed by atoms with E-state index in [4.69, 9.17) is 4.74 Å². The molecule has 124 valence electrons. The second-order valence-electron chi connectivity index (χ2n) is 5.23. The number of nitrogens with one attached hydrogen (secondary N) is 1. The zero-order valence-corrected chi connectivity index (χ0v) is 12.7. The van der Waals surface area contributed by atoms with Crippen LogP contribution in [0.3, 0.4) is 0 Å². The molecule has 2 aromatic rings. The third kappa shape index (κ3) is 3.15. The Bertz CT molecular complexity index is 774. The molecule has 2 N–H and O–H groups in total. The van der Waals surface area contributed by atoms with E-state index in [-0.39, 0.29) is 36.9 Å². The topological polar surface area (TPSA) is 78.9 Å². The van der Waals surface area contributed by atoms with Crippen molar-refractivity contribution in [3.63, 3.8) is 0 Å². The Balaban J connectivity index is 1.67. The molecule has 1 heterocycles. The fourth-order valence-corrected chi connectivity index (χ4v) is 2.45. The number of benzene rings is 2. The molecule has 24 heavy (non-hydrogen) atoms. The molecule has 0 unspecified atom stereocenters. The van der Waals surface area contributed by atoms with E-state index in [1.807, 2.05) is 0 Å². The van der Waals surface area contributed by atoms with Crippen LogP contribution < -0.4 is 15.0 Å². The number of aromatic hydroxyl groups is 1. The summed E-state index contributed by atoms with van der Waals surface area (Å²) in [5.41, 5.74) is 0.325. The van der Waals surface area contributed by atoms with E-state index in [2.05, 4.69) is 5.32 Å². The fraction of sp³-hybridized carbons (Fsp3) is 0.176. The Kier molecular flexibility index (Phi) is 4.33. The number of carbonyl (C=O) groups excluding carboxylic acids is 2. The molecule has 1 aliphatic heterocycles. The lowest BCUT2D eigenvalue weighted by Gasteiger charge is -2.29. The van der Waals surface area contributed by atoms with Gasteiger partial charge in [0, 0.05) is 13.0 Å². The minimum absolute atomic E-state index is 0.0478. The van der Waals surface area contributed by atoms with Crippen molar-refractivity contribution in [2.24, 2.45) is 0 Å². The average molecular weight is 330 g/mol. The number of para-hydroxylation sites is 3. The van der Waals surface area contributed by atoms with Crippen LogP contribution >= 0.6 is 0 Å². The Hall–Kier alpha value is -3.09. The summed E-state index contributed by atoms with van der Waals surface area (Å²) >= 11 is 0. The van der Waals surface area contributed by atoms with Crippen LogP contribution in [0.5, 0.6) is 11.5 Å². The van der Waals surface area contributed by atoms with Crippen molar-refractivity contribution in [3.8, 4) is 11.5 Å². The zero-order valence-electron chi connectivity index (χ0n) is 12.7. The van der Waals surface area contributed by atoms with Crippen molar-refractivity contribution < 1.29 is 23.8 Å². The van der Waals surface area contributed by atoms with Gasteiger partial charge in [0.15, 0.2) is 12.4 Å². The fourth-order valence-electron chi connectivity index (χ4n) is 2.45. The lowest BCUT2D eigenvalue weighted by molar-refractivity contribution is -0.121. The molecule has 0 spiro atoms. The first-order chi connectivity index (χ1) is 11.6. The maximum Gasteiger partial charge on any atom is 0.265 e. The zero-order chi connectivity index (χ0) is 17.1. The maximum atomic E-state index is 13.6. The van der Waals surface area contributed by atoms with Crippen molar-refractivity contribution in [2.75, 3.05) is 23.4 Å². The summed E-state index contributed by atoms with van der Waals surface area (Å²) in [6.07, 6.45) is -0.0478. The summed E-state index contributed by atoms with van der Waals surface area (Å²) in [5, 5.41) is 11.9. The van der Waals surface area contributed by atoms with E-state index in [9.17, 15) is 19.1 Å². The normalized spacial score (nSPS) is 13.2. The van der Waals surface area contributed by atoms with Gasteiger partial charge in [-0.1, -0.05) is 18.2 Å². The number of anilines is 2. The van der Waals surface area contributed by atoms with Gasteiger partial charge in [-0.3, -0.25) is 9.59 Å². The molecular weight excluding hydrogens is 315 g/mol. The number of phenols is 1. The van der Waals surface area contributed by atoms with E-state index in [0.717, 1.165) is 6.07 Å². The first-order valence-electron chi connectivity index (χ1n) is 7.36. The first-order valence-corrected chi connectivity index (χ1v) is 7.36. The lowest BCUT2D eigenvalue weighted by Crippen LogP contribution is -2.40. The number of amides is 2. The van der Waals surface area contributed by atoms with Crippen molar-refractivity contribution >= 4 is 23.2 Å². The summed E-state index contributed by atoms with van der Waals surface area (Å²) < 4.78 is 18.9. The predicted octanol–water partition coefficient (Wildman–Crippen LogP) is 2.29. The van der Waals surface area contributed by atoms with Crippen LogP contribution in [-0.2, 0) is 9.59 Å². The van der Waals surface area contributed by atoms with Crippen LogP contribution in [0.4, 0.5) is 15.8 Å². The van der Waals surface area contributed by atoms with Crippen molar-refractivity contribution in [3.05, 3.63) is 48.3 Å².